The third-order valence-corrected chi connectivity index (χ3v) is 6.75. The molecule has 0 aliphatic heterocycles. The highest BCUT2D eigenvalue weighted by atomic mass is 32.1. The van der Waals surface area contributed by atoms with Gasteiger partial charge in [-0.3, -0.25) is 4.57 Å². The Bertz CT molecular complexity index is 1070. The molecule has 3 aliphatic carbocycles. The molecule has 0 atom stereocenters. The first-order chi connectivity index (χ1) is 13.9. The quantitative estimate of drug-likeness (QED) is 0.643. The molecule has 2 bridgehead atoms. The Morgan fingerprint density at radius 2 is 2.07 bits per heavy atom. The second-order valence-electron chi connectivity index (χ2n) is 7.90. The van der Waals surface area contributed by atoms with E-state index in [0.29, 0.717) is 12.4 Å². The lowest BCUT2D eigenvalue weighted by molar-refractivity contribution is -0.0886. The van der Waals surface area contributed by atoms with E-state index in [1.54, 1.807) is 17.5 Å². The molecule has 0 saturated heterocycles. The minimum absolute atomic E-state index is 0.128. The standard InChI is InChI=1S/C20H21N5O3S/c1-3-28-13-5-6-14(21-8-13)16-23-24-17(25(16)15-7-4-12(2)29-15)19-9-20(10-19,11-19)22-18(26)27/h4-8,22H,3,9-11H2,1-2H3,(H,26,27). The number of hydrogen-bond acceptors (Lipinski definition) is 6. The van der Waals surface area contributed by atoms with Crippen LogP contribution in [0, 0.1) is 6.92 Å². The number of carbonyl (C=O) groups is 1. The number of amides is 1. The summed E-state index contributed by atoms with van der Waals surface area (Å²) in [5, 5.41) is 21.8. The van der Waals surface area contributed by atoms with E-state index < -0.39 is 6.09 Å². The van der Waals surface area contributed by atoms with Crippen molar-refractivity contribution in [3.63, 3.8) is 0 Å². The number of ether oxygens (including phenoxy) is 1. The molecule has 3 aliphatic rings. The van der Waals surface area contributed by atoms with Gasteiger partial charge in [0.1, 0.15) is 22.3 Å². The van der Waals surface area contributed by atoms with E-state index in [9.17, 15) is 4.79 Å². The van der Waals surface area contributed by atoms with Crippen LogP contribution in [0.3, 0.4) is 0 Å². The molecule has 6 rings (SSSR count). The van der Waals surface area contributed by atoms with Gasteiger partial charge in [-0.1, -0.05) is 0 Å². The Morgan fingerprint density at radius 3 is 2.66 bits per heavy atom. The van der Waals surface area contributed by atoms with Crippen LogP contribution >= 0.6 is 11.3 Å². The van der Waals surface area contributed by atoms with Crippen molar-refractivity contribution in [2.45, 2.75) is 44.1 Å². The highest BCUT2D eigenvalue weighted by Gasteiger charge is 2.71. The maximum Gasteiger partial charge on any atom is 0.405 e. The Kier molecular flexibility index (Phi) is 3.92. The number of rotatable bonds is 6. The summed E-state index contributed by atoms with van der Waals surface area (Å²) in [6, 6.07) is 7.93. The number of nitrogens with zero attached hydrogens (tertiary/aromatic N) is 4. The van der Waals surface area contributed by atoms with Crippen molar-refractivity contribution in [2.24, 2.45) is 0 Å². The molecule has 3 aromatic heterocycles. The lowest BCUT2D eigenvalue weighted by Gasteiger charge is -2.69. The molecular weight excluding hydrogens is 390 g/mol. The van der Waals surface area contributed by atoms with Gasteiger partial charge in [0, 0.05) is 15.8 Å². The summed E-state index contributed by atoms with van der Waals surface area (Å²) in [4.78, 5) is 16.8. The molecule has 3 aromatic rings. The average Bonchev–Trinajstić information content (AvgIpc) is 3.24. The number of aryl methyl sites for hydroxylation is 1. The van der Waals surface area contributed by atoms with Crippen molar-refractivity contribution in [3.8, 4) is 22.3 Å². The molecule has 3 saturated carbocycles. The molecule has 9 heteroatoms. The van der Waals surface area contributed by atoms with E-state index >= 15 is 0 Å². The molecule has 29 heavy (non-hydrogen) atoms. The first-order valence-corrected chi connectivity index (χ1v) is 10.4. The SMILES string of the molecule is CCOc1ccc(-c2nnc(C34CC(NC(=O)O)(C3)C4)n2-c2ccc(C)s2)nc1. The van der Waals surface area contributed by atoms with Crippen molar-refractivity contribution in [2.75, 3.05) is 6.61 Å². The fourth-order valence-corrected chi connectivity index (χ4v) is 5.56. The van der Waals surface area contributed by atoms with Gasteiger partial charge in [-0.15, -0.1) is 21.5 Å². The summed E-state index contributed by atoms with van der Waals surface area (Å²) in [7, 11) is 0. The predicted molar refractivity (Wildman–Crippen MR) is 108 cm³/mol. The Balaban J connectivity index is 1.53. The van der Waals surface area contributed by atoms with E-state index in [4.69, 9.17) is 9.84 Å². The maximum atomic E-state index is 11.1. The van der Waals surface area contributed by atoms with Crippen molar-refractivity contribution in [1.82, 2.24) is 25.1 Å². The van der Waals surface area contributed by atoms with Gasteiger partial charge in [0.05, 0.1) is 12.8 Å². The van der Waals surface area contributed by atoms with Crippen LogP contribution in [0.2, 0.25) is 0 Å². The summed E-state index contributed by atoms with van der Waals surface area (Å²) >= 11 is 1.68. The normalized spacial score (nSPS) is 24.5. The van der Waals surface area contributed by atoms with Crippen LogP contribution in [0.1, 0.15) is 36.9 Å². The fourth-order valence-electron chi connectivity index (χ4n) is 4.69. The summed E-state index contributed by atoms with van der Waals surface area (Å²) in [6.07, 6.45) is 3.00. The summed E-state index contributed by atoms with van der Waals surface area (Å²) in [5.41, 5.74) is 0.297. The van der Waals surface area contributed by atoms with Crippen molar-refractivity contribution in [3.05, 3.63) is 41.2 Å². The molecule has 3 heterocycles. The van der Waals surface area contributed by atoms with Crippen LogP contribution in [-0.2, 0) is 5.41 Å². The molecule has 0 radical (unpaired) electrons. The monoisotopic (exact) mass is 411 g/mol. The lowest BCUT2D eigenvalue weighted by atomic mass is 9.39. The number of pyridine rings is 1. The zero-order valence-corrected chi connectivity index (χ0v) is 17.0. The first-order valence-electron chi connectivity index (χ1n) is 9.57. The lowest BCUT2D eigenvalue weighted by Crippen LogP contribution is -2.77. The highest BCUT2D eigenvalue weighted by molar-refractivity contribution is 7.14. The Morgan fingerprint density at radius 1 is 1.28 bits per heavy atom. The van der Waals surface area contributed by atoms with Gasteiger partial charge in [-0.2, -0.15) is 0 Å². The topological polar surface area (TPSA) is 102 Å². The maximum absolute atomic E-state index is 11.1. The number of thiophene rings is 1. The smallest absolute Gasteiger partial charge is 0.405 e. The van der Waals surface area contributed by atoms with Crippen LogP contribution in [0.25, 0.3) is 16.5 Å². The van der Waals surface area contributed by atoms with E-state index in [0.717, 1.165) is 41.5 Å². The number of nitrogens with one attached hydrogen (secondary N) is 1. The van der Waals surface area contributed by atoms with E-state index in [-0.39, 0.29) is 11.0 Å². The van der Waals surface area contributed by atoms with E-state index in [1.807, 2.05) is 19.1 Å². The van der Waals surface area contributed by atoms with Crippen molar-refractivity contribution in [1.29, 1.82) is 0 Å². The van der Waals surface area contributed by atoms with Gasteiger partial charge >= 0.3 is 6.09 Å². The number of carboxylic acid groups (broad SMARTS) is 1. The van der Waals surface area contributed by atoms with Gasteiger partial charge in [0.25, 0.3) is 0 Å². The van der Waals surface area contributed by atoms with Crippen LogP contribution in [0.5, 0.6) is 5.75 Å². The molecule has 3 fully saturated rings. The predicted octanol–water partition coefficient (Wildman–Crippen LogP) is 3.54. The molecule has 2 N–H and O–H groups in total. The summed E-state index contributed by atoms with van der Waals surface area (Å²) in [5.74, 6) is 2.30. The van der Waals surface area contributed by atoms with Crippen LogP contribution in [-0.4, -0.2) is 43.1 Å². The molecule has 8 nitrogen and oxygen atoms in total. The second-order valence-corrected chi connectivity index (χ2v) is 9.17. The Hall–Kier alpha value is -2.94. The van der Waals surface area contributed by atoms with E-state index in [2.05, 4.69) is 44.1 Å². The van der Waals surface area contributed by atoms with Crippen LogP contribution < -0.4 is 10.1 Å². The molecular formula is C20H21N5O3S. The summed E-state index contributed by atoms with van der Waals surface area (Å²) in [6.45, 7) is 4.59. The third-order valence-electron chi connectivity index (χ3n) is 5.76. The molecule has 1 amide bonds. The van der Waals surface area contributed by atoms with Gasteiger partial charge in [-0.05, 0) is 57.4 Å². The first kappa shape index (κ1) is 18.1. The van der Waals surface area contributed by atoms with Crippen molar-refractivity contribution >= 4 is 17.4 Å². The zero-order chi connectivity index (χ0) is 20.2. The van der Waals surface area contributed by atoms with Gasteiger partial charge < -0.3 is 15.2 Å². The molecule has 0 aromatic carbocycles. The highest BCUT2D eigenvalue weighted by Crippen LogP contribution is 2.67. The van der Waals surface area contributed by atoms with Crippen LogP contribution in [0.4, 0.5) is 4.79 Å². The molecule has 0 spiro atoms. The van der Waals surface area contributed by atoms with Crippen molar-refractivity contribution < 1.29 is 14.6 Å². The molecule has 0 unspecified atom stereocenters. The van der Waals surface area contributed by atoms with Gasteiger partial charge in [-0.25, -0.2) is 9.78 Å². The number of aromatic nitrogens is 4. The van der Waals surface area contributed by atoms with Gasteiger partial charge in [0.2, 0.25) is 0 Å². The van der Waals surface area contributed by atoms with E-state index in [1.165, 1.54) is 4.88 Å². The summed E-state index contributed by atoms with van der Waals surface area (Å²) < 4.78 is 7.58. The second kappa shape index (κ2) is 6.28. The minimum atomic E-state index is -0.965. The zero-order valence-electron chi connectivity index (χ0n) is 16.2. The molecule has 150 valence electrons. The largest absolute Gasteiger partial charge is 0.492 e. The van der Waals surface area contributed by atoms with Gasteiger partial charge in [0.15, 0.2) is 5.82 Å². The number of hydrogen-bond donors (Lipinski definition) is 2. The average molecular weight is 411 g/mol. The Labute approximate surface area is 171 Å². The fraction of sp³-hybridized carbons (Fsp3) is 0.400. The minimum Gasteiger partial charge on any atom is -0.492 e. The van der Waals surface area contributed by atoms with Crippen LogP contribution in [0.15, 0.2) is 30.5 Å². The third kappa shape index (κ3) is 2.79.